The number of amides is 1. The van der Waals surface area contributed by atoms with Crippen LogP contribution in [0.5, 0.6) is 0 Å². The molecule has 136 valence electrons. The number of carbonyl (C=O) groups excluding carboxylic acids is 1. The molecule has 3 aromatic rings. The molecule has 8 heteroatoms. The van der Waals surface area contributed by atoms with E-state index in [1.54, 1.807) is 16.7 Å². The number of halogens is 2. The number of carbonyl (C=O) groups is 1. The summed E-state index contributed by atoms with van der Waals surface area (Å²) >= 11 is 13.4. The third kappa shape index (κ3) is 4.31. The van der Waals surface area contributed by atoms with Gasteiger partial charge in [-0.05, 0) is 30.5 Å². The van der Waals surface area contributed by atoms with E-state index >= 15 is 0 Å². The zero-order valence-electron chi connectivity index (χ0n) is 14.4. The quantitative estimate of drug-likeness (QED) is 0.606. The lowest BCUT2D eigenvalue weighted by molar-refractivity contribution is -0.119. The molecule has 0 aliphatic rings. The highest BCUT2D eigenvalue weighted by Gasteiger charge is 2.14. The number of hydrogen-bond donors (Lipinski definition) is 1. The maximum Gasteiger partial charge on any atom is 0.230 e. The van der Waals surface area contributed by atoms with E-state index in [1.807, 2.05) is 19.1 Å². The zero-order valence-corrected chi connectivity index (χ0v) is 16.7. The van der Waals surface area contributed by atoms with Gasteiger partial charge in [-0.25, -0.2) is 0 Å². The van der Waals surface area contributed by atoms with E-state index in [9.17, 15) is 4.79 Å². The molecule has 5 nitrogen and oxygen atoms in total. The fourth-order valence-electron chi connectivity index (χ4n) is 2.54. The van der Waals surface area contributed by atoms with Gasteiger partial charge in [0.25, 0.3) is 0 Å². The van der Waals surface area contributed by atoms with Crippen LogP contribution in [0.25, 0.3) is 5.65 Å². The molecular weight excluding hydrogens is 391 g/mol. The molecule has 1 atom stereocenters. The molecule has 0 spiro atoms. The molecule has 2 heterocycles. The summed E-state index contributed by atoms with van der Waals surface area (Å²) in [7, 11) is 0. The highest BCUT2D eigenvalue weighted by Crippen LogP contribution is 2.25. The van der Waals surface area contributed by atoms with Crippen molar-refractivity contribution in [2.75, 3.05) is 5.75 Å². The van der Waals surface area contributed by atoms with Gasteiger partial charge in [0.15, 0.2) is 10.8 Å². The van der Waals surface area contributed by atoms with Crippen molar-refractivity contribution in [2.24, 2.45) is 0 Å². The topological polar surface area (TPSA) is 59.3 Å². The van der Waals surface area contributed by atoms with Gasteiger partial charge in [-0.15, -0.1) is 10.2 Å². The number of aromatic nitrogens is 3. The number of nitrogens with one attached hydrogen (secondary N) is 1. The first kappa shape index (κ1) is 19.0. The van der Waals surface area contributed by atoms with Crippen LogP contribution in [0, 0.1) is 0 Å². The molecule has 2 aromatic heterocycles. The number of hydrogen-bond acceptors (Lipinski definition) is 4. The Morgan fingerprint density at radius 1 is 1.27 bits per heavy atom. The third-order valence-corrected chi connectivity index (χ3v) is 5.42. The van der Waals surface area contributed by atoms with E-state index in [2.05, 4.69) is 34.6 Å². The van der Waals surface area contributed by atoms with Gasteiger partial charge in [-0.1, -0.05) is 66.2 Å². The summed E-state index contributed by atoms with van der Waals surface area (Å²) in [4.78, 5) is 12.3. The lowest BCUT2D eigenvalue weighted by Gasteiger charge is -2.14. The Hall–Kier alpha value is -1.76. The second kappa shape index (κ2) is 8.29. The standard InChI is InChI=1S/C18H18Cl2N4OS/c1-3-12-4-6-13(7-5-12)11(2)21-16(25)10-26-18-23-22-17-15(20)8-14(19)9-24(17)18/h4-9,11H,3,10H2,1-2H3,(H,21,25). The van der Waals surface area contributed by atoms with Crippen LogP contribution in [0.15, 0.2) is 41.7 Å². The van der Waals surface area contributed by atoms with Gasteiger partial charge in [0.05, 0.1) is 21.8 Å². The van der Waals surface area contributed by atoms with Gasteiger partial charge in [0, 0.05) is 6.20 Å². The smallest absolute Gasteiger partial charge is 0.230 e. The Morgan fingerprint density at radius 3 is 2.69 bits per heavy atom. The molecule has 0 aliphatic heterocycles. The van der Waals surface area contributed by atoms with Crippen LogP contribution < -0.4 is 5.32 Å². The minimum Gasteiger partial charge on any atom is -0.349 e. The number of nitrogens with zero attached hydrogens (tertiary/aromatic N) is 3. The SMILES string of the molecule is CCc1ccc(C(C)NC(=O)CSc2nnc3c(Cl)cc(Cl)cn23)cc1. The molecule has 1 aromatic carbocycles. The second-order valence-corrected chi connectivity index (χ2v) is 7.64. The number of rotatable bonds is 6. The molecule has 0 fully saturated rings. The van der Waals surface area contributed by atoms with Crippen LogP contribution in [-0.4, -0.2) is 26.3 Å². The average molecular weight is 409 g/mol. The van der Waals surface area contributed by atoms with E-state index in [1.165, 1.54) is 17.3 Å². The van der Waals surface area contributed by atoms with Gasteiger partial charge in [-0.3, -0.25) is 9.20 Å². The van der Waals surface area contributed by atoms with Crippen LogP contribution in [0.4, 0.5) is 0 Å². The van der Waals surface area contributed by atoms with Crippen molar-refractivity contribution in [3.63, 3.8) is 0 Å². The van der Waals surface area contributed by atoms with Gasteiger partial charge in [0.1, 0.15) is 0 Å². The zero-order chi connectivity index (χ0) is 18.7. The number of aryl methyl sites for hydroxylation is 1. The van der Waals surface area contributed by atoms with E-state index in [0.29, 0.717) is 20.8 Å². The molecule has 0 bridgehead atoms. The molecular formula is C18H18Cl2N4OS. The largest absolute Gasteiger partial charge is 0.349 e. The van der Waals surface area contributed by atoms with Crippen molar-refractivity contribution in [1.82, 2.24) is 19.9 Å². The van der Waals surface area contributed by atoms with Crippen molar-refractivity contribution in [1.29, 1.82) is 0 Å². The first-order valence-electron chi connectivity index (χ1n) is 8.18. The van der Waals surface area contributed by atoms with Crippen molar-refractivity contribution >= 4 is 46.5 Å². The van der Waals surface area contributed by atoms with Crippen LogP contribution in [-0.2, 0) is 11.2 Å². The van der Waals surface area contributed by atoms with Crippen LogP contribution in [0.1, 0.15) is 31.0 Å². The van der Waals surface area contributed by atoms with Gasteiger partial charge >= 0.3 is 0 Å². The van der Waals surface area contributed by atoms with Crippen molar-refractivity contribution in [3.05, 3.63) is 57.7 Å². The predicted octanol–water partition coefficient (Wildman–Crippen LogP) is 4.57. The van der Waals surface area contributed by atoms with E-state index in [4.69, 9.17) is 23.2 Å². The van der Waals surface area contributed by atoms with Crippen LogP contribution in [0.3, 0.4) is 0 Å². The minimum atomic E-state index is -0.0769. The fraction of sp³-hybridized carbons (Fsp3) is 0.278. The van der Waals surface area contributed by atoms with E-state index in [-0.39, 0.29) is 17.7 Å². The van der Waals surface area contributed by atoms with Crippen LogP contribution >= 0.6 is 35.0 Å². The lowest BCUT2D eigenvalue weighted by Crippen LogP contribution is -2.28. The molecule has 0 radical (unpaired) electrons. The third-order valence-electron chi connectivity index (χ3n) is 3.99. The average Bonchev–Trinajstić information content (AvgIpc) is 3.03. The number of thioether (sulfide) groups is 1. The minimum absolute atomic E-state index is 0.0620. The monoisotopic (exact) mass is 408 g/mol. The highest BCUT2D eigenvalue weighted by molar-refractivity contribution is 7.99. The summed E-state index contributed by atoms with van der Waals surface area (Å²) in [5, 5.41) is 12.6. The predicted molar refractivity (Wildman–Crippen MR) is 106 cm³/mol. The Balaban J connectivity index is 1.62. The van der Waals surface area contributed by atoms with E-state index < -0.39 is 0 Å². The van der Waals surface area contributed by atoms with Crippen molar-refractivity contribution in [3.8, 4) is 0 Å². The summed E-state index contributed by atoms with van der Waals surface area (Å²) in [5.74, 6) is 0.148. The molecule has 0 saturated carbocycles. The number of pyridine rings is 1. The summed E-state index contributed by atoms with van der Waals surface area (Å²) in [6, 6.07) is 9.82. The highest BCUT2D eigenvalue weighted by atomic mass is 35.5. The molecule has 3 rings (SSSR count). The Labute approximate surface area is 166 Å². The molecule has 1 unspecified atom stereocenters. The van der Waals surface area contributed by atoms with Crippen LogP contribution in [0.2, 0.25) is 10.0 Å². The maximum absolute atomic E-state index is 12.3. The molecule has 0 saturated heterocycles. The normalized spacial score (nSPS) is 12.3. The number of fused-ring (bicyclic) bond motifs is 1. The fourth-order valence-corrected chi connectivity index (χ4v) is 3.77. The van der Waals surface area contributed by atoms with Crippen molar-refractivity contribution in [2.45, 2.75) is 31.5 Å². The molecule has 26 heavy (non-hydrogen) atoms. The van der Waals surface area contributed by atoms with Gasteiger partial charge in [0.2, 0.25) is 5.91 Å². The van der Waals surface area contributed by atoms with Gasteiger partial charge in [-0.2, -0.15) is 0 Å². The Kier molecular flexibility index (Phi) is 6.06. The molecule has 1 amide bonds. The maximum atomic E-state index is 12.3. The second-order valence-electron chi connectivity index (χ2n) is 5.86. The summed E-state index contributed by atoms with van der Waals surface area (Å²) < 4.78 is 1.69. The van der Waals surface area contributed by atoms with Crippen molar-refractivity contribution < 1.29 is 4.79 Å². The lowest BCUT2D eigenvalue weighted by atomic mass is 10.1. The Morgan fingerprint density at radius 2 is 2.00 bits per heavy atom. The first-order valence-corrected chi connectivity index (χ1v) is 9.93. The molecule has 1 N–H and O–H groups in total. The van der Waals surface area contributed by atoms with Gasteiger partial charge < -0.3 is 5.32 Å². The summed E-state index contributed by atoms with van der Waals surface area (Å²) in [6.07, 6.45) is 2.68. The Bertz CT molecular complexity index is 927. The molecule has 0 aliphatic carbocycles. The summed E-state index contributed by atoms with van der Waals surface area (Å²) in [6.45, 7) is 4.08. The number of benzene rings is 1. The summed E-state index contributed by atoms with van der Waals surface area (Å²) in [5.41, 5.74) is 2.87. The first-order chi connectivity index (χ1) is 12.5. The van der Waals surface area contributed by atoms with E-state index in [0.717, 1.165) is 12.0 Å².